The van der Waals surface area contributed by atoms with Crippen molar-refractivity contribution in [1.29, 1.82) is 0 Å². The van der Waals surface area contributed by atoms with Crippen LogP contribution in [0.15, 0.2) is 30.3 Å². The summed E-state index contributed by atoms with van der Waals surface area (Å²) in [7, 11) is 0. The Bertz CT molecular complexity index is 558. The van der Waals surface area contributed by atoms with Crippen molar-refractivity contribution in [1.82, 2.24) is 4.98 Å². The molecule has 0 bridgehead atoms. The van der Waals surface area contributed by atoms with Crippen LogP contribution in [0.1, 0.15) is 24.1 Å². The van der Waals surface area contributed by atoms with Gasteiger partial charge in [0.1, 0.15) is 0 Å². The van der Waals surface area contributed by atoms with E-state index in [9.17, 15) is 5.11 Å². The molecule has 3 rings (SSSR count). The van der Waals surface area contributed by atoms with Gasteiger partial charge < -0.3 is 5.11 Å². The molecular formula is C15H17NO. The van der Waals surface area contributed by atoms with Crippen LogP contribution in [0.3, 0.4) is 0 Å². The summed E-state index contributed by atoms with van der Waals surface area (Å²) < 4.78 is 0. The zero-order valence-electron chi connectivity index (χ0n) is 10.1. The first-order chi connectivity index (χ1) is 8.21. The minimum atomic E-state index is 0.186. The molecule has 1 aliphatic rings. The van der Waals surface area contributed by atoms with Gasteiger partial charge in [0, 0.05) is 17.7 Å². The van der Waals surface area contributed by atoms with Crippen LogP contribution in [0, 0.1) is 12.3 Å². The van der Waals surface area contributed by atoms with Gasteiger partial charge in [-0.15, -0.1) is 0 Å². The Balaban J connectivity index is 1.94. The fourth-order valence-electron chi connectivity index (χ4n) is 2.39. The molecular weight excluding hydrogens is 210 g/mol. The second-order valence-electron chi connectivity index (χ2n) is 5.31. The van der Waals surface area contributed by atoms with E-state index in [1.165, 1.54) is 10.9 Å². The molecule has 2 nitrogen and oxygen atoms in total. The number of rotatable bonds is 3. The van der Waals surface area contributed by atoms with Gasteiger partial charge in [0.05, 0.1) is 5.52 Å². The van der Waals surface area contributed by atoms with Crippen molar-refractivity contribution < 1.29 is 5.11 Å². The normalized spacial score (nSPS) is 17.3. The second kappa shape index (κ2) is 3.81. The highest BCUT2D eigenvalue weighted by Gasteiger charge is 2.41. The highest BCUT2D eigenvalue weighted by atomic mass is 16.3. The number of aromatic nitrogens is 1. The molecule has 0 atom stereocenters. The van der Waals surface area contributed by atoms with Crippen molar-refractivity contribution in [2.75, 3.05) is 6.61 Å². The van der Waals surface area contributed by atoms with E-state index in [0.29, 0.717) is 6.61 Å². The molecule has 2 heteroatoms. The van der Waals surface area contributed by atoms with Gasteiger partial charge in [-0.25, -0.2) is 0 Å². The molecule has 1 aliphatic carbocycles. The Kier molecular flexibility index (Phi) is 2.40. The summed E-state index contributed by atoms with van der Waals surface area (Å²) in [5.41, 5.74) is 3.61. The van der Waals surface area contributed by atoms with Crippen LogP contribution in [0.4, 0.5) is 0 Å². The largest absolute Gasteiger partial charge is 0.396 e. The SMILES string of the molecule is Cc1ccc2cc(CC3(CO)CC3)ccc2n1. The summed E-state index contributed by atoms with van der Waals surface area (Å²) in [5, 5.41) is 10.6. The second-order valence-corrected chi connectivity index (χ2v) is 5.31. The molecule has 17 heavy (non-hydrogen) atoms. The molecule has 0 saturated heterocycles. The summed E-state index contributed by atoms with van der Waals surface area (Å²) in [5.74, 6) is 0. The number of aryl methyl sites for hydroxylation is 1. The molecule has 1 fully saturated rings. The van der Waals surface area contributed by atoms with Gasteiger partial charge in [0.15, 0.2) is 0 Å². The quantitative estimate of drug-likeness (QED) is 0.874. The topological polar surface area (TPSA) is 33.1 Å². The van der Waals surface area contributed by atoms with Crippen molar-refractivity contribution in [3.8, 4) is 0 Å². The number of nitrogens with zero attached hydrogens (tertiary/aromatic N) is 1. The summed E-state index contributed by atoms with van der Waals surface area (Å²) in [6.45, 7) is 2.33. The minimum absolute atomic E-state index is 0.186. The Labute approximate surface area is 101 Å². The lowest BCUT2D eigenvalue weighted by atomic mass is 9.96. The molecule has 1 saturated carbocycles. The van der Waals surface area contributed by atoms with Crippen molar-refractivity contribution in [2.24, 2.45) is 5.41 Å². The smallest absolute Gasteiger partial charge is 0.0705 e. The number of benzene rings is 1. The molecule has 0 radical (unpaired) electrons. The van der Waals surface area contributed by atoms with Crippen LogP contribution in [0.25, 0.3) is 10.9 Å². The van der Waals surface area contributed by atoms with E-state index in [2.05, 4.69) is 29.2 Å². The van der Waals surface area contributed by atoms with Crippen LogP contribution in [0.2, 0.25) is 0 Å². The van der Waals surface area contributed by atoms with Gasteiger partial charge in [-0.3, -0.25) is 4.98 Å². The Morgan fingerprint density at radius 2 is 2.06 bits per heavy atom. The first-order valence-electron chi connectivity index (χ1n) is 6.18. The van der Waals surface area contributed by atoms with E-state index in [1.807, 2.05) is 13.0 Å². The first kappa shape index (κ1) is 10.7. The number of aliphatic hydroxyl groups excluding tert-OH is 1. The molecule has 1 heterocycles. The van der Waals surface area contributed by atoms with Crippen LogP contribution in [-0.4, -0.2) is 16.7 Å². The Morgan fingerprint density at radius 3 is 2.76 bits per heavy atom. The van der Waals surface area contributed by atoms with Crippen LogP contribution in [0.5, 0.6) is 0 Å². The number of hydrogen-bond donors (Lipinski definition) is 1. The van der Waals surface area contributed by atoms with Crippen LogP contribution in [-0.2, 0) is 6.42 Å². The summed E-state index contributed by atoms with van der Waals surface area (Å²) in [4.78, 5) is 4.50. The molecule has 0 spiro atoms. The van der Waals surface area contributed by atoms with Gasteiger partial charge >= 0.3 is 0 Å². The fourth-order valence-corrected chi connectivity index (χ4v) is 2.39. The van der Waals surface area contributed by atoms with Crippen LogP contribution < -0.4 is 0 Å². The molecule has 0 amide bonds. The van der Waals surface area contributed by atoms with Crippen molar-refractivity contribution in [2.45, 2.75) is 26.2 Å². The Morgan fingerprint density at radius 1 is 1.24 bits per heavy atom. The summed E-state index contributed by atoms with van der Waals surface area (Å²) in [6.07, 6.45) is 3.31. The van der Waals surface area contributed by atoms with Crippen molar-refractivity contribution in [3.05, 3.63) is 41.6 Å². The van der Waals surface area contributed by atoms with Gasteiger partial charge in [-0.1, -0.05) is 12.1 Å². The maximum Gasteiger partial charge on any atom is 0.0705 e. The van der Waals surface area contributed by atoms with Gasteiger partial charge in [0.25, 0.3) is 0 Å². The van der Waals surface area contributed by atoms with Gasteiger partial charge in [-0.2, -0.15) is 0 Å². The molecule has 0 unspecified atom stereocenters. The highest BCUT2D eigenvalue weighted by molar-refractivity contribution is 5.79. The van der Waals surface area contributed by atoms with E-state index < -0.39 is 0 Å². The number of pyridine rings is 1. The lowest BCUT2D eigenvalue weighted by molar-refractivity contribution is 0.211. The molecule has 88 valence electrons. The van der Waals surface area contributed by atoms with E-state index in [0.717, 1.165) is 30.5 Å². The predicted molar refractivity (Wildman–Crippen MR) is 68.9 cm³/mol. The third-order valence-corrected chi connectivity index (χ3v) is 3.76. The van der Waals surface area contributed by atoms with E-state index in [1.54, 1.807) is 0 Å². The number of hydrogen-bond acceptors (Lipinski definition) is 2. The summed E-state index contributed by atoms with van der Waals surface area (Å²) >= 11 is 0. The summed E-state index contributed by atoms with van der Waals surface area (Å²) in [6, 6.07) is 10.6. The van der Waals surface area contributed by atoms with E-state index in [4.69, 9.17) is 0 Å². The molecule has 1 aromatic heterocycles. The molecule has 1 N–H and O–H groups in total. The van der Waals surface area contributed by atoms with Crippen LogP contribution >= 0.6 is 0 Å². The van der Waals surface area contributed by atoms with Crippen molar-refractivity contribution >= 4 is 10.9 Å². The van der Waals surface area contributed by atoms with E-state index in [-0.39, 0.29) is 5.41 Å². The average molecular weight is 227 g/mol. The first-order valence-corrected chi connectivity index (χ1v) is 6.18. The van der Waals surface area contributed by atoms with Crippen molar-refractivity contribution in [3.63, 3.8) is 0 Å². The molecule has 1 aromatic carbocycles. The monoisotopic (exact) mass is 227 g/mol. The van der Waals surface area contributed by atoms with Gasteiger partial charge in [-0.05, 0) is 55.4 Å². The van der Waals surface area contributed by atoms with E-state index >= 15 is 0 Å². The third kappa shape index (κ3) is 2.05. The standard InChI is InChI=1S/C15H17NO/c1-11-2-4-13-8-12(3-5-14(13)16-11)9-15(10-17)6-7-15/h2-5,8,17H,6-7,9-10H2,1H3. The lowest BCUT2D eigenvalue weighted by Crippen LogP contribution is -2.09. The number of aliphatic hydroxyl groups is 1. The molecule has 2 aromatic rings. The maximum absolute atomic E-state index is 9.36. The zero-order valence-corrected chi connectivity index (χ0v) is 10.1. The predicted octanol–water partition coefficient (Wildman–Crippen LogP) is 2.86. The van der Waals surface area contributed by atoms with Gasteiger partial charge in [0.2, 0.25) is 0 Å². The lowest BCUT2D eigenvalue weighted by Gasteiger charge is -2.11. The fraction of sp³-hybridized carbons (Fsp3) is 0.400. The third-order valence-electron chi connectivity index (χ3n) is 3.76. The number of fused-ring (bicyclic) bond motifs is 1. The Hall–Kier alpha value is -1.41. The minimum Gasteiger partial charge on any atom is -0.396 e. The average Bonchev–Trinajstić information content (AvgIpc) is 3.10. The molecule has 0 aliphatic heterocycles. The maximum atomic E-state index is 9.36. The highest BCUT2D eigenvalue weighted by Crippen LogP contribution is 2.47. The zero-order chi connectivity index (χ0) is 11.9.